The summed E-state index contributed by atoms with van der Waals surface area (Å²) in [5, 5.41) is 8.90. The zero-order valence-electron chi connectivity index (χ0n) is 11.4. The van der Waals surface area contributed by atoms with Gasteiger partial charge in [-0.25, -0.2) is 0 Å². The number of carbonyl (C=O) groups is 1. The molecule has 1 amide bonds. The van der Waals surface area contributed by atoms with Gasteiger partial charge in [-0.1, -0.05) is 13.3 Å². The Morgan fingerprint density at radius 1 is 1.60 bits per heavy atom. The first-order valence-corrected chi connectivity index (χ1v) is 8.01. The summed E-state index contributed by atoms with van der Waals surface area (Å²) in [5.41, 5.74) is 7.60. The largest absolute Gasteiger partial charge is 0.395 e. The molecular weight excluding hydrogens is 340 g/mol. The van der Waals surface area contributed by atoms with Crippen molar-refractivity contribution in [1.82, 2.24) is 15.1 Å². The van der Waals surface area contributed by atoms with Crippen LogP contribution in [-0.2, 0) is 13.0 Å². The molecule has 5 nitrogen and oxygen atoms in total. The van der Waals surface area contributed by atoms with Crippen molar-refractivity contribution in [1.29, 1.82) is 0 Å². The van der Waals surface area contributed by atoms with Gasteiger partial charge in [0.2, 0.25) is 0 Å². The first-order chi connectivity index (χ1) is 9.52. The van der Waals surface area contributed by atoms with E-state index in [9.17, 15) is 4.79 Å². The number of thiophene rings is 1. The summed E-state index contributed by atoms with van der Waals surface area (Å²) >= 11 is 5.01. The van der Waals surface area contributed by atoms with Gasteiger partial charge in [-0.2, -0.15) is 5.10 Å². The zero-order valence-corrected chi connectivity index (χ0v) is 13.8. The number of nitrogens with one attached hydrogen (secondary N) is 1. The molecule has 0 bridgehead atoms. The SMILES string of the molecule is CCCc1[nH]nc(C(=O)N(C)Cc2cc(Br)cs2)c1N. The highest BCUT2D eigenvalue weighted by molar-refractivity contribution is 9.10. The maximum Gasteiger partial charge on any atom is 0.276 e. The van der Waals surface area contributed by atoms with Gasteiger partial charge in [0.25, 0.3) is 5.91 Å². The molecule has 0 aliphatic rings. The first kappa shape index (κ1) is 15.1. The minimum atomic E-state index is -0.161. The number of nitrogens with zero attached hydrogens (tertiary/aromatic N) is 2. The lowest BCUT2D eigenvalue weighted by molar-refractivity contribution is 0.0781. The van der Waals surface area contributed by atoms with Crippen molar-refractivity contribution in [2.75, 3.05) is 12.8 Å². The number of amides is 1. The minimum Gasteiger partial charge on any atom is -0.395 e. The maximum absolute atomic E-state index is 12.4. The fraction of sp³-hybridized carbons (Fsp3) is 0.385. The molecule has 0 fully saturated rings. The van der Waals surface area contributed by atoms with Gasteiger partial charge >= 0.3 is 0 Å². The number of aryl methyl sites for hydroxylation is 1. The van der Waals surface area contributed by atoms with Crippen LogP contribution in [0.25, 0.3) is 0 Å². The summed E-state index contributed by atoms with van der Waals surface area (Å²) < 4.78 is 1.03. The summed E-state index contributed by atoms with van der Waals surface area (Å²) in [6.45, 7) is 2.60. The van der Waals surface area contributed by atoms with E-state index in [0.717, 1.165) is 27.9 Å². The first-order valence-electron chi connectivity index (χ1n) is 6.34. The molecule has 7 heteroatoms. The number of anilines is 1. The third-order valence-electron chi connectivity index (χ3n) is 2.95. The van der Waals surface area contributed by atoms with E-state index in [0.29, 0.717) is 17.9 Å². The van der Waals surface area contributed by atoms with Crippen LogP contribution < -0.4 is 5.73 Å². The van der Waals surface area contributed by atoms with Gasteiger partial charge in [-0.15, -0.1) is 11.3 Å². The summed E-state index contributed by atoms with van der Waals surface area (Å²) in [6, 6.07) is 2.00. The van der Waals surface area contributed by atoms with Crippen LogP contribution in [-0.4, -0.2) is 28.1 Å². The molecule has 2 heterocycles. The zero-order chi connectivity index (χ0) is 14.7. The van der Waals surface area contributed by atoms with Crippen LogP contribution in [0.3, 0.4) is 0 Å². The van der Waals surface area contributed by atoms with Crippen LogP contribution in [0.5, 0.6) is 0 Å². The van der Waals surface area contributed by atoms with E-state index in [1.807, 2.05) is 11.4 Å². The molecule has 0 atom stereocenters. The van der Waals surface area contributed by atoms with E-state index in [4.69, 9.17) is 5.73 Å². The van der Waals surface area contributed by atoms with Crippen molar-refractivity contribution in [3.8, 4) is 0 Å². The van der Waals surface area contributed by atoms with Crippen molar-refractivity contribution in [3.05, 3.63) is 32.2 Å². The molecule has 0 aliphatic heterocycles. The van der Waals surface area contributed by atoms with Gasteiger partial charge in [-0.3, -0.25) is 9.89 Å². The van der Waals surface area contributed by atoms with Crippen molar-refractivity contribution in [3.63, 3.8) is 0 Å². The number of nitrogens with two attached hydrogens (primary N) is 1. The smallest absolute Gasteiger partial charge is 0.276 e. The fourth-order valence-electron chi connectivity index (χ4n) is 1.91. The van der Waals surface area contributed by atoms with E-state index < -0.39 is 0 Å². The van der Waals surface area contributed by atoms with Crippen LogP contribution >= 0.6 is 27.3 Å². The molecule has 0 aliphatic carbocycles. The van der Waals surface area contributed by atoms with E-state index in [1.54, 1.807) is 23.3 Å². The van der Waals surface area contributed by atoms with Gasteiger partial charge in [0.05, 0.1) is 17.9 Å². The monoisotopic (exact) mass is 356 g/mol. The van der Waals surface area contributed by atoms with Crippen molar-refractivity contribution < 1.29 is 4.79 Å². The van der Waals surface area contributed by atoms with Crippen molar-refractivity contribution in [2.24, 2.45) is 0 Å². The van der Waals surface area contributed by atoms with Crippen LogP contribution in [0.1, 0.15) is 34.4 Å². The van der Waals surface area contributed by atoms with Gasteiger partial charge in [-0.05, 0) is 28.4 Å². The lowest BCUT2D eigenvalue weighted by atomic mass is 10.2. The molecule has 20 heavy (non-hydrogen) atoms. The molecule has 0 unspecified atom stereocenters. The molecular formula is C13H17BrN4OS. The van der Waals surface area contributed by atoms with Gasteiger partial charge in [0.15, 0.2) is 5.69 Å². The summed E-state index contributed by atoms with van der Waals surface area (Å²) in [5.74, 6) is -0.161. The standard InChI is InChI=1S/C13H17BrN4OS/c1-3-4-10-11(15)12(17-16-10)13(19)18(2)6-9-5-8(14)7-20-9/h5,7H,3-4,6,15H2,1-2H3,(H,16,17). The van der Waals surface area contributed by atoms with E-state index in [2.05, 4.69) is 33.1 Å². The second-order valence-corrected chi connectivity index (χ2v) is 6.52. The van der Waals surface area contributed by atoms with Crippen molar-refractivity contribution >= 4 is 38.9 Å². The third kappa shape index (κ3) is 3.21. The van der Waals surface area contributed by atoms with Crippen molar-refractivity contribution in [2.45, 2.75) is 26.3 Å². The molecule has 0 aromatic carbocycles. The summed E-state index contributed by atoms with van der Waals surface area (Å²) in [4.78, 5) is 15.1. The Kier molecular flexibility index (Phi) is 4.82. The summed E-state index contributed by atoms with van der Waals surface area (Å²) in [6.07, 6.45) is 1.76. The number of hydrogen-bond donors (Lipinski definition) is 2. The normalized spacial score (nSPS) is 10.8. The van der Waals surface area contributed by atoms with Crippen LogP contribution in [0.4, 0.5) is 5.69 Å². The highest BCUT2D eigenvalue weighted by Crippen LogP contribution is 2.22. The van der Waals surface area contributed by atoms with E-state index in [1.165, 1.54) is 0 Å². The van der Waals surface area contributed by atoms with Gasteiger partial charge < -0.3 is 10.6 Å². The fourth-order valence-corrected chi connectivity index (χ4v) is 3.42. The molecule has 2 aromatic rings. The number of aromatic nitrogens is 2. The Bertz CT molecular complexity index is 607. The predicted molar refractivity (Wildman–Crippen MR) is 84.8 cm³/mol. The highest BCUT2D eigenvalue weighted by atomic mass is 79.9. The number of halogens is 1. The lowest BCUT2D eigenvalue weighted by Gasteiger charge is -2.15. The van der Waals surface area contributed by atoms with E-state index in [-0.39, 0.29) is 5.91 Å². The van der Waals surface area contributed by atoms with Gasteiger partial charge in [0, 0.05) is 21.8 Å². The second-order valence-electron chi connectivity index (χ2n) is 4.61. The lowest BCUT2D eigenvalue weighted by Crippen LogP contribution is -2.26. The van der Waals surface area contributed by atoms with Gasteiger partial charge in [0.1, 0.15) is 0 Å². The average Bonchev–Trinajstić information content (AvgIpc) is 2.97. The Labute approximate surface area is 130 Å². The average molecular weight is 357 g/mol. The second kappa shape index (κ2) is 6.41. The molecule has 108 valence electrons. The number of H-pyrrole nitrogens is 1. The van der Waals surface area contributed by atoms with Crippen LogP contribution in [0.2, 0.25) is 0 Å². The molecule has 0 spiro atoms. The number of rotatable bonds is 5. The quantitative estimate of drug-likeness (QED) is 0.864. The number of carbonyl (C=O) groups excluding carboxylic acids is 1. The minimum absolute atomic E-state index is 0.161. The topological polar surface area (TPSA) is 75.0 Å². The maximum atomic E-state index is 12.4. The number of hydrogen-bond acceptors (Lipinski definition) is 4. The third-order valence-corrected chi connectivity index (χ3v) is 4.63. The highest BCUT2D eigenvalue weighted by Gasteiger charge is 2.20. The predicted octanol–water partition coefficient (Wildman–Crippen LogP) is 3.04. The number of nitrogen functional groups attached to an aromatic ring is 1. The van der Waals surface area contributed by atoms with E-state index >= 15 is 0 Å². The summed E-state index contributed by atoms with van der Waals surface area (Å²) in [7, 11) is 1.75. The molecule has 0 radical (unpaired) electrons. The Morgan fingerprint density at radius 3 is 2.95 bits per heavy atom. The molecule has 2 rings (SSSR count). The number of aromatic amines is 1. The molecule has 3 N–H and O–H groups in total. The molecule has 0 saturated heterocycles. The Morgan fingerprint density at radius 2 is 2.35 bits per heavy atom. The van der Waals surface area contributed by atoms with Crippen LogP contribution in [0, 0.1) is 0 Å². The molecule has 0 saturated carbocycles. The Hall–Kier alpha value is -1.34. The van der Waals surface area contributed by atoms with Crippen LogP contribution in [0.15, 0.2) is 15.9 Å². The Balaban J connectivity index is 2.10. The molecule has 2 aromatic heterocycles.